The van der Waals surface area contributed by atoms with Gasteiger partial charge in [0.15, 0.2) is 0 Å². The molecule has 2 aliphatic rings. The number of aliphatic hydroxyl groups is 1. The number of aliphatic carboxylic acids is 1. The normalized spacial score (nSPS) is 16.8. The zero-order valence-corrected chi connectivity index (χ0v) is 32.6. The van der Waals surface area contributed by atoms with Crippen LogP contribution in [0.4, 0.5) is 0 Å². The maximum Gasteiger partial charge on any atom is 0.0884 e. The van der Waals surface area contributed by atoms with Crippen molar-refractivity contribution in [3.63, 3.8) is 0 Å². The molecular formula is C44H55ClN2O3S. The number of carbonyl (C=O) groups excluding carboxylic acids is 1. The van der Waals surface area contributed by atoms with Gasteiger partial charge in [0.2, 0.25) is 0 Å². The summed E-state index contributed by atoms with van der Waals surface area (Å²) in [5.41, 5.74) is 5.03. The molecule has 6 rings (SSSR count). The zero-order valence-electron chi connectivity index (χ0n) is 31.0. The SMILES string of the molecule is CC(C)(O)c1ccccc1CC[C@@H](SCC1(CC(=O)[O-])CC1)c1cccc(/C=C/c2ccc3ccc(Cl)cc3n2)c1.C[N+](C)(C)C1CCCCC1. The highest BCUT2D eigenvalue weighted by atomic mass is 35.5. The number of quaternary nitrogens is 1. The van der Waals surface area contributed by atoms with Gasteiger partial charge in [0.25, 0.3) is 0 Å². The van der Waals surface area contributed by atoms with Crippen molar-refractivity contribution >= 4 is 52.4 Å². The Morgan fingerprint density at radius 2 is 1.73 bits per heavy atom. The molecule has 2 aliphatic carbocycles. The highest BCUT2D eigenvalue weighted by Gasteiger charge is 2.42. The maximum atomic E-state index is 11.4. The lowest BCUT2D eigenvalue weighted by Gasteiger charge is -2.36. The first kappa shape index (κ1) is 39.1. The molecule has 1 aromatic heterocycles. The number of carboxylic acids is 1. The van der Waals surface area contributed by atoms with Crippen molar-refractivity contribution in [1.82, 2.24) is 4.98 Å². The van der Waals surface area contributed by atoms with E-state index in [4.69, 9.17) is 16.6 Å². The van der Waals surface area contributed by atoms with Crippen LogP contribution in [0.3, 0.4) is 0 Å². The summed E-state index contributed by atoms with van der Waals surface area (Å²) in [5.74, 6) is -0.168. The fourth-order valence-electron chi connectivity index (χ4n) is 7.20. The second-order valence-electron chi connectivity index (χ2n) is 16.1. The number of thioether (sulfide) groups is 1. The molecule has 0 saturated heterocycles. The molecule has 5 nitrogen and oxygen atoms in total. The van der Waals surface area contributed by atoms with Crippen LogP contribution in [0.15, 0.2) is 78.9 Å². The number of hydrogen-bond acceptors (Lipinski definition) is 5. The van der Waals surface area contributed by atoms with E-state index in [2.05, 4.69) is 57.6 Å². The number of pyridine rings is 1. The third kappa shape index (κ3) is 11.7. The fraction of sp³-hybridized carbons (Fsp3) is 0.455. The van der Waals surface area contributed by atoms with Crippen LogP contribution >= 0.6 is 23.4 Å². The quantitative estimate of drug-likeness (QED) is 0.139. The van der Waals surface area contributed by atoms with Gasteiger partial charge in [-0.25, -0.2) is 4.98 Å². The number of aryl methyl sites for hydroxylation is 1. The highest BCUT2D eigenvalue weighted by Crippen LogP contribution is 2.53. The average Bonchev–Trinajstić information content (AvgIpc) is 3.85. The van der Waals surface area contributed by atoms with E-state index in [9.17, 15) is 15.0 Å². The second kappa shape index (κ2) is 17.1. The number of nitrogens with zero attached hydrogens (tertiary/aromatic N) is 2. The van der Waals surface area contributed by atoms with Crippen LogP contribution in [0.1, 0.15) is 105 Å². The van der Waals surface area contributed by atoms with E-state index >= 15 is 0 Å². The summed E-state index contributed by atoms with van der Waals surface area (Å²) in [6.45, 7) is 3.65. The fourth-order valence-corrected chi connectivity index (χ4v) is 8.93. The summed E-state index contributed by atoms with van der Waals surface area (Å²) in [6.07, 6.45) is 15.1. The van der Waals surface area contributed by atoms with E-state index in [0.717, 1.165) is 70.8 Å². The summed E-state index contributed by atoms with van der Waals surface area (Å²) in [6, 6.07) is 27.3. The number of aromatic nitrogens is 1. The van der Waals surface area contributed by atoms with E-state index in [1.807, 2.05) is 80.2 Å². The Labute approximate surface area is 314 Å². The summed E-state index contributed by atoms with van der Waals surface area (Å²) in [5, 5.41) is 24.0. The predicted molar refractivity (Wildman–Crippen MR) is 214 cm³/mol. The van der Waals surface area contributed by atoms with Crippen LogP contribution in [-0.4, -0.2) is 53.5 Å². The minimum absolute atomic E-state index is 0.126. The van der Waals surface area contributed by atoms with Gasteiger partial charge in [-0.1, -0.05) is 84.8 Å². The van der Waals surface area contributed by atoms with Crippen LogP contribution in [0.5, 0.6) is 0 Å². The van der Waals surface area contributed by atoms with E-state index < -0.39 is 11.6 Å². The summed E-state index contributed by atoms with van der Waals surface area (Å²) < 4.78 is 1.17. The standard InChI is InChI=1S/C35H36ClNO3S.C9H20N/c1-34(2,40)30-9-4-3-7-25(30)13-17-32(41-23-35(18-19-35)22-33(38)39)27-8-5-6-24(20-27)10-15-29-16-12-26-11-14-28(36)21-31(26)37-29;1-10(2,3)9-7-5-4-6-8-9/h3-12,14-16,20-21,32,40H,13,17-19,22-23H2,1-2H3,(H,38,39);9H,4-8H2,1-3H3/q;+1/p-1/b15-10+;/t32-;/m1./s1. The average molecular weight is 727 g/mol. The first-order chi connectivity index (χ1) is 24.2. The van der Waals surface area contributed by atoms with E-state index in [0.29, 0.717) is 5.02 Å². The summed E-state index contributed by atoms with van der Waals surface area (Å²) in [4.78, 5) is 16.1. The first-order valence-corrected chi connectivity index (χ1v) is 19.9. The summed E-state index contributed by atoms with van der Waals surface area (Å²) >= 11 is 8.01. The van der Waals surface area contributed by atoms with Crippen LogP contribution in [-0.2, 0) is 16.8 Å². The molecule has 4 aromatic rings. The van der Waals surface area contributed by atoms with Gasteiger partial charge < -0.3 is 19.5 Å². The minimum atomic E-state index is -0.963. The number of benzene rings is 3. The Bertz CT molecular complexity index is 1800. The van der Waals surface area contributed by atoms with Crippen molar-refractivity contribution in [3.8, 4) is 0 Å². The van der Waals surface area contributed by atoms with Gasteiger partial charge in [0.05, 0.1) is 44.0 Å². The molecule has 3 aromatic carbocycles. The molecule has 0 bridgehead atoms. The van der Waals surface area contributed by atoms with Gasteiger partial charge in [-0.2, -0.15) is 11.8 Å². The van der Waals surface area contributed by atoms with Gasteiger partial charge in [-0.05, 0) is 129 Å². The van der Waals surface area contributed by atoms with Crippen molar-refractivity contribution in [2.24, 2.45) is 5.41 Å². The largest absolute Gasteiger partial charge is 0.550 e. The number of fused-ring (bicyclic) bond motifs is 1. The third-order valence-electron chi connectivity index (χ3n) is 10.5. The molecule has 1 atom stereocenters. The Morgan fingerprint density at radius 3 is 2.39 bits per heavy atom. The molecule has 51 heavy (non-hydrogen) atoms. The minimum Gasteiger partial charge on any atom is -0.550 e. The molecule has 1 heterocycles. The van der Waals surface area contributed by atoms with E-state index in [1.165, 1.54) is 42.2 Å². The number of halogens is 1. The third-order valence-corrected chi connectivity index (χ3v) is 12.4. The molecule has 0 aliphatic heterocycles. The molecule has 2 fully saturated rings. The number of hydrogen-bond donors (Lipinski definition) is 1. The van der Waals surface area contributed by atoms with Crippen molar-refractivity contribution < 1.29 is 19.5 Å². The molecule has 0 unspecified atom stereocenters. The van der Waals surface area contributed by atoms with Crippen molar-refractivity contribution in [2.75, 3.05) is 26.9 Å². The molecule has 272 valence electrons. The Balaban J connectivity index is 0.000000435. The lowest BCUT2D eigenvalue weighted by atomic mass is 9.90. The zero-order chi connectivity index (χ0) is 36.6. The highest BCUT2D eigenvalue weighted by molar-refractivity contribution is 7.99. The van der Waals surface area contributed by atoms with E-state index in [1.54, 1.807) is 0 Å². The number of carbonyl (C=O) groups is 1. The van der Waals surface area contributed by atoms with Gasteiger partial charge in [0, 0.05) is 21.6 Å². The number of rotatable bonds is 13. The lowest BCUT2D eigenvalue weighted by molar-refractivity contribution is -0.897. The van der Waals surface area contributed by atoms with Crippen LogP contribution < -0.4 is 5.11 Å². The molecule has 0 spiro atoms. The van der Waals surface area contributed by atoms with Crippen molar-refractivity contribution in [2.45, 2.75) is 94.9 Å². The van der Waals surface area contributed by atoms with Crippen molar-refractivity contribution in [1.29, 1.82) is 0 Å². The molecule has 7 heteroatoms. The Morgan fingerprint density at radius 1 is 1.00 bits per heavy atom. The van der Waals surface area contributed by atoms with Crippen molar-refractivity contribution in [3.05, 3.63) is 112 Å². The molecule has 0 radical (unpaired) electrons. The smallest absolute Gasteiger partial charge is 0.0884 e. The monoisotopic (exact) mass is 726 g/mol. The van der Waals surface area contributed by atoms with Gasteiger partial charge in [-0.3, -0.25) is 0 Å². The Kier molecular flexibility index (Phi) is 13.1. The molecule has 1 N–H and O–H groups in total. The molecule has 0 amide bonds. The van der Waals surface area contributed by atoms with Gasteiger partial charge in [-0.15, -0.1) is 0 Å². The maximum absolute atomic E-state index is 11.4. The topological polar surface area (TPSA) is 73.2 Å². The second-order valence-corrected chi connectivity index (χ2v) is 17.7. The first-order valence-electron chi connectivity index (χ1n) is 18.5. The van der Waals surface area contributed by atoms with Crippen LogP contribution in [0, 0.1) is 5.41 Å². The van der Waals surface area contributed by atoms with E-state index in [-0.39, 0.29) is 17.1 Å². The lowest BCUT2D eigenvalue weighted by Crippen LogP contribution is -2.45. The van der Waals surface area contributed by atoms with Crippen LogP contribution in [0.2, 0.25) is 5.02 Å². The summed E-state index contributed by atoms with van der Waals surface area (Å²) in [7, 11) is 6.95. The molecular weight excluding hydrogens is 672 g/mol. The van der Waals surface area contributed by atoms with Crippen LogP contribution in [0.25, 0.3) is 23.1 Å². The predicted octanol–water partition coefficient (Wildman–Crippen LogP) is 9.64. The van der Waals surface area contributed by atoms with Gasteiger partial charge >= 0.3 is 0 Å². The van der Waals surface area contributed by atoms with Gasteiger partial charge in [0.1, 0.15) is 0 Å². The Hall–Kier alpha value is -3.16. The number of carboxylic acid groups (broad SMARTS) is 1. The molecule has 2 saturated carbocycles.